The molecule has 0 spiro atoms. The van der Waals surface area contributed by atoms with Gasteiger partial charge < -0.3 is 4.90 Å². The number of thiophene rings is 1. The maximum atomic E-state index is 12.2. The molecule has 0 N–H and O–H groups in total. The summed E-state index contributed by atoms with van der Waals surface area (Å²) in [6.07, 6.45) is 2.39. The van der Waals surface area contributed by atoms with Crippen molar-refractivity contribution in [2.75, 3.05) is 12.3 Å². The lowest BCUT2D eigenvalue weighted by Gasteiger charge is -2.24. The highest BCUT2D eigenvalue weighted by Crippen LogP contribution is 2.29. The van der Waals surface area contributed by atoms with E-state index in [0.29, 0.717) is 23.6 Å². The quantitative estimate of drug-likeness (QED) is 0.737. The largest absolute Gasteiger partial charge is 0.339 e. The molecule has 0 atom stereocenters. The van der Waals surface area contributed by atoms with Gasteiger partial charge in [-0.2, -0.15) is 0 Å². The Morgan fingerprint density at radius 3 is 2.88 bits per heavy atom. The smallest absolute Gasteiger partial charge is 0.233 e. The highest BCUT2D eigenvalue weighted by atomic mass is 32.2. The molecule has 1 heterocycles. The van der Waals surface area contributed by atoms with Gasteiger partial charge in [0, 0.05) is 12.6 Å². The number of amides is 1. The molecule has 4 heteroatoms. The molecule has 1 amide bonds. The average Bonchev–Trinajstić information content (AvgIpc) is 2.99. The molecule has 0 aromatic carbocycles. The first-order valence-electron chi connectivity index (χ1n) is 6.12. The minimum Gasteiger partial charge on any atom is -0.339 e. The van der Waals surface area contributed by atoms with Crippen molar-refractivity contribution in [2.24, 2.45) is 5.92 Å². The van der Waals surface area contributed by atoms with E-state index in [1.54, 1.807) is 23.1 Å². The van der Waals surface area contributed by atoms with Crippen molar-refractivity contribution in [1.29, 1.82) is 0 Å². The highest BCUT2D eigenvalue weighted by Gasteiger charge is 2.32. The van der Waals surface area contributed by atoms with Crippen LogP contribution < -0.4 is 0 Å². The van der Waals surface area contributed by atoms with Gasteiger partial charge in [0.1, 0.15) is 0 Å². The van der Waals surface area contributed by atoms with E-state index in [1.165, 1.54) is 17.1 Å². The van der Waals surface area contributed by atoms with Crippen LogP contribution in [-0.2, 0) is 4.79 Å². The van der Waals surface area contributed by atoms with E-state index in [1.807, 2.05) is 6.07 Å². The van der Waals surface area contributed by atoms with Gasteiger partial charge in [0.2, 0.25) is 5.91 Å². The molecule has 1 aliphatic rings. The number of carbonyl (C=O) groups is 1. The molecule has 0 aliphatic heterocycles. The fourth-order valence-corrected chi connectivity index (χ4v) is 3.47. The van der Waals surface area contributed by atoms with E-state index in [2.05, 4.69) is 30.2 Å². The van der Waals surface area contributed by atoms with Crippen LogP contribution >= 0.6 is 23.1 Å². The third-order valence-electron chi connectivity index (χ3n) is 2.70. The van der Waals surface area contributed by atoms with Gasteiger partial charge in [0.25, 0.3) is 0 Å². The fraction of sp³-hybridized carbons (Fsp3) is 0.615. The lowest BCUT2D eigenvalue weighted by atomic mass is 10.2. The molecule has 1 aromatic heterocycles. The van der Waals surface area contributed by atoms with E-state index < -0.39 is 0 Å². The van der Waals surface area contributed by atoms with Crippen LogP contribution in [0, 0.1) is 5.92 Å². The van der Waals surface area contributed by atoms with Gasteiger partial charge in [-0.05, 0) is 30.2 Å². The third-order valence-corrected chi connectivity index (χ3v) is 4.82. The second-order valence-electron chi connectivity index (χ2n) is 4.89. The molecule has 1 saturated carbocycles. The Morgan fingerprint density at radius 2 is 2.35 bits per heavy atom. The van der Waals surface area contributed by atoms with E-state index in [-0.39, 0.29) is 0 Å². The van der Waals surface area contributed by atoms with Crippen LogP contribution in [0.25, 0.3) is 0 Å². The summed E-state index contributed by atoms with van der Waals surface area (Å²) in [6.45, 7) is 5.26. The SMILES string of the molecule is CC(C)CN(C(=O)CSc1cccs1)C1CC1. The van der Waals surface area contributed by atoms with Crippen LogP contribution in [0.1, 0.15) is 26.7 Å². The molecule has 0 bridgehead atoms. The molecule has 2 nitrogen and oxygen atoms in total. The maximum Gasteiger partial charge on any atom is 0.233 e. The normalized spacial score (nSPS) is 15.2. The fourth-order valence-electron chi connectivity index (χ4n) is 1.80. The summed E-state index contributed by atoms with van der Waals surface area (Å²) in [5.74, 6) is 1.45. The number of hydrogen-bond acceptors (Lipinski definition) is 3. The molecule has 0 radical (unpaired) electrons. The van der Waals surface area contributed by atoms with Crippen LogP contribution in [-0.4, -0.2) is 29.1 Å². The molecule has 1 aliphatic carbocycles. The van der Waals surface area contributed by atoms with Gasteiger partial charge in [-0.25, -0.2) is 0 Å². The van der Waals surface area contributed by atoms with Crippen molar-refractivity contribution in [3.05, 3.63) is 17.5 Å². The van der Waals surface area contributed by atoms with Crippen molar-refractivity contribution in [3.8, 4) is 0 Å². The monoisotopic (exact) mass is 269 g/mol. The highest BCUT2D eigenvalue weighted by molar-refractivity contribution is 8.01. The summed E-state index contributed by atoms with van der Waals surface area (Å²) < 4.78 is 1.23. The molecular weight excluding hydrogens is 250 g/mol. The minimum atomic E-state index is 0.305. The van der Waals surface area contributed by atoms with Gasteiger partial charge in [-0.3, -0.25) is 4.79 Å². The lowest BCUT2D eigenvalue weighted by Crippen LogP contribution is -2.37. The summed E-state index contributed by atoms with van der Waals surface area (Å²) in [4.78, 5) is 14.3. The Kier molecular flexibility index (Phi) is 4.51. The predicted molar refractivity (Wildman–Crippen MR) is 74.6 cm³/mol. The van der Waals surface area contributed by atoms with Gasteiger partial charge in [-0.1, -0.05) is 19.9 Å². The van der Waals surface area contributed by atoms with E-state index >= 15 is 0 Å². The average molecular weight is 269 g/mol. The first-order valence-corrected chi connectivity index (χ1v) is 7.99. The molecule has 94 valence electrons. The number of hydrogen-bond donors (Lipinski definition) is 0. The first-order chi connectivity index (χ1) is 8.16. The van der Waals surface area contributed by atoms with E-state index in [0.717, 1.165) is 6.54 Å². The zero-order valence-corrected chi connectivity index (χ0v) is 12.0. The second kappa shape index (κ2) is 5.91. The number of thioether (sulfide) groups is 1. The molecule has 1 aromatic rings. The standard InChI is InChI=1S/C13H19NOS2/c1-10(2)8-14(11-5-6-11)12(15)9-17-13-4-3-7-16-13/h3-4,7,10-11H,5-6,8-9H2,1-2H3. The number of carbonyl (C=O) groups excluding carboxylic acids is 1. The van der Waals surface area contributed by atoms with Gasteiger partial charge in [-0.15, -0.1) is 23.1 Å². The lowest BCUT2D eigenvalue weighted by molar-refractivity contribution is -0.129. The molecule has 0 saturated heterocycles. The number of nitrogens with zero attached hydrogens (tertiary/aromatic N) is 1. The van der Waals surface area contributed by atoms with Crippen molar-refractivity contribution in [1.82, 2.24) is 4.90 Å². The Morgan fingerprint density at radius 1 is 1.59 bits per heavy atom. The summed E-state index contributed by atoms with van der Waals surface area (Å²) in [7, 11) is 0. The first kappa shape index (κ1) is 13.0. The summed E-state index contributed by atoms with van der Waals surface area (Å²) >= 11 is 3.37. The molecule has 0 unspecified atom stereocenters. The molecule has 1 fully saturated rings. The van der Waals surface area contributed by atoms with Crippen LogP contribution in [0.15, 0.2) is 21.7 Å². The van der Waals surface area contributed by atoms with Crippen molar-refractivity contribution < 1.29 is 4.79 Å². The molecule has 2 rings (SSSR count). The van der Waals surface area contributed by atoms with E-state index in [9.17, 15) is 4.79 Å². The Labute approximate surface area is 111 Å². The molecule has 17 heavy (non-hydrogen) atoms. The number of rotatable bonds is 6. The zero-order valence-electron chi connectivity index (χ0n) is 10.4. The molecular formula is C13H19NOS2. The predicted octanol–water partition coefficient (Wildman–Crippen LogP) is 3.49. The van der Waals surface area contributed by atoms with Crippen LogP contribution in [0.3, 0.4) is 0 Å². The third kappa shape index (κ3) is 4.03. The Balaban J connectivity index is 1.83. The van der Waals surface area contributed by atoms with E-state index in [4.69, 9.17) is 0 Å². The topological polar surface area (TPSA) is 20.3 Å². The zero-order chi connectivity index (χ0) is 12.3. The second-order valence-corrected chi connectivity index (χ2v) is 7.12. The Hall–Kier alpha value is -0.480. The summed E-state index contributed by atoms with van der Waals surface area (Å²) in [5.41, 5.74) is 0. The van der Waals surface area contributed by atoms with Crippen LogP contribution in [0.2, 0.25) is 0 Å². The van der Waals surface area contributed by atoms with Crippen molar-refractivity contribution in [3.63, 3.8) is 0 Å². The maximum absolute atomic E-state index is 12.2. The van der Waals surface area contributed by atoms with Crippen molar-refractivity contribution in [2.45, 2.75) is 36.9 Å². The Bertz CT molecular complexity index is 358. The summed E-state index contributed by atoms with van der Waals surface area (Å²) in [6, 6.07) is 4.64. The minimum absolute atomic E-state index is 0.305. The van der Waals surface area contributed by atoms with Gasteiger partial charge >= 0.3 is 0 Å². The van der Waals surface area contributed by atoms with Gasteiger partial charge in [0.15, 0.2) is 0 Å². The summed E-state index contributed by atoms with van der Waals surface area (Å²) in [5, 5.41) is 2.06. The van der Waals surface area contributed by atoms with Crippen LogP contribution in [0.4, 0.5) is 0 Å². The van der Waals surface area contributed by atoms with Crippen LogP contribution in [0.5, 0.6) is 0 Å². The van der Waals surface area contributed by atoms with Gasteiger partial charge in [0.05, 0.1) is 9.96 Å². The van der Waals surface area contributed by atoms with Crippen molar-refractivity contribution >= 4 is 29.0 Å².